The molecule has 1 aliphatic rings. The molecule has 0 aliphatic carbocycles. The number of nitrogens with zero attached hydrogens (tertiary/aromatic N) is 1. The SMILES string of the molecule is CCNCC1CN(S(=O)(=O)c2ccc(F)cc2)c2cc(NC(=O)c3c(F)cccc3Cl)ccc2O1. The predicted octanol–water partition coefficient (Wildman–Crippen LogP) is 4.44. The number of benzene rings is 3. The Hall–Kier alpha value is -3.21. The molecule has 0 radical (unpaired) electrons. The molecule has 11 heteroatoms. The second kappa shape index (κ2) is 10.2. The molecule has 1 amide bonds. The van der Waals surface area contributed by atoms with E-state index in [0.717, 1.165) is 22.5 Å². The van der Waals surface area contributed by atoms with E-state index in [4.69, 9.17) is 16.3 Å². The Labute approximate surface area is 206 Å². The van der Waals surface area contributed by atoms with Gasteiger partial charge in [0.2, 0.25) is 0 Å². The molecule has 0 bridgehead atoms. The molecule has 0 aromatic heterocycles. The number of nitrogens with one attached hydrogen (secondary N) is 2. The number of carbonyl (C=O) groups is 1. The molecule has 0 saturated carbocycles. The van der Waals surface area contributed by atoms with Crippen molar-refractivity contribution in [1.29, 1.82) is 0 Å². The third-order valence-corrected chi connectivity index (χ3v) is 7.47. The van der Waals surface area contributed by atoms with E-state index in [1.165, 1.54) is 42.5 Å². The maximum atomic E-state index is 14.2. The zero-order valence-corrected chi connectivity index (χ0v) is 20.2. The number of sulfonamides is 1. The molecule has 35 heavy (non-hydrogen) atoms. The Morgan fingerprint density at radius 3 is 2.57 bits per heavy atom. The minimum atomic E-state index is -4.10. The van der Waals surface area contributed by atoms with Gasteiger partial charge in [0.15, 0.2) is 0 Å². The van der Waals surface area contributed by atoms with E-state index in [-0.39, 0.29) is 39.2 Å². The molecular formula is C24H22ClF2N3O4S. The third kappa shape index (κ3) is 5.24. The van der Waals surface area contributed by atoms with Gasteiger partial charge in [-0.2, -0.15) is 0 Å². The Morgan fingerprint density at radius 2 is 1.89 bits per heavy atom. The molecule has 2 N–H and O–H groups in total. The van der Waals surface area contributed by atoms with Crippen LogP contribution < -0.4 is 19.7 Å². The highest BCUT2D eigenvalue weighted by Gasteiger charge is 2.35. The average Bonchev–Trinajstić information content (AvgIpc) is 2.82. The van der Waals surface area contributed by atoms with Crippen molar-refractivity contribution >= 4 is 38.9 Å². The first-order valence-corrected chi connectivity index (χ1v) is 12.6. The van der Waals surface area contributed by atoms with Crippen LogP contribution in [-0.4, -0.2) is 40.1 Å². The van der Waals surface area contributed by atoms with Gasteiger partial charge < -0.3 is 15.4 Å². The van der Waals surface area contributed by atoms with Crippen LogP contribution in [0.5, 0.6) is 5.75 Å². The number of ether oxygens (including phenoxy) is 1. The fourth-order valence-electron chi connectivity index (χ4n) is 3.67. The van der Waals surface area contributed by atoms with Gasteiger partial charge in [0.1, 0.15) is 23.5 Å². The van der Waals surface area contributed by atoms with Crippen molar-refractivity contribution in [3.05, 3.63) is 82.9 Å². The zero-order valence-electron chi connectivity index (χ0n) is 18.6. The van der Waals surface area contributed by atoms with Crippen molar-refractivity contribution in [2.24, 2.45) is 0 Å². The standard InChI is InChI=1S/C24H22ClF2N3O4S/c1-2-28-13-17-14-30(35(32,33)18-9-6-15(26)7-10-18)21-12-16(8-11-22(21)34-17)29-24(31)23-19(25)4-3-5-20(23)27/h3-12,17,28H,2,13-14H2,1H3,(H,29,31). The molecule has 4 rings (SSSR count). The van der Waals surface area contributed by atoms with Gasteiger partial charge in [-0.05, 0) is 61.1 Å². The van der Waals surface area contributed by atoms with Crippen LogP contribution >= 0.6 is 11.6 Å². The van der Waals surface area contributed by atoms with Crippen molar-refractivity contribution in [1.82, 2.24) is 5.32 Å². The summed E-state index contributed by atoms with van der Waals surface area (Å²) >= 11 is 5.98. The van der Waals surface area contributed by atoms with Crippen molar-refractivity contribution in [3.63, 3.8) is 0 Å². The van der Waals surface area contributed by atoms with Gasteiger partial charge in [0.05, 0.1) is 27.7 Å². The van der Waals surface area contributed by atoms with Gasteiger partial charge in [0.25, 0.3) is 15.9 Å². The molecule has 7 nitrogen and oxygen atoms in total. The zero-order chi connectivity index (χ0) is 25.2. The summed E-state index contributed by atoms with van der Waals surface area (Å²) < 4.78 is 61.7. The van der Waals surface area contributed by atoms with Crippen LogP contribution in [0.1, 0.15) is 17.3 Å². The molecule has 0 fully saturated rings. The predicted molar refractivity (Wildman–Crippen MR) is 130 cm³/mol. The minimum Gasteiger partial charge on any atom is -0.485 e. The van der Waals surface area contributed by atoms with E-state index >= 15 is 0 Å². The van der Waals surface area contributed by atoms with Crippen LogP contribution in [0, 0.1) is 11.6 Å². The van der Waals surface area contributed by atoms with Gasteiger partial charge in [-0.15, -0.1) is 0 Å². The molecule has 0 spiro atoms. The summed E-state index contributed by atoms with van der Waals surface area (Å²) in [6.45, 7) is 2.97. The molecule has 1 aliphatic heterocycles. The number of halogens is 3. The number of hydrogen-bond donors (Lipinski definition) is 2. The second-order valence-electron chi connectivity index (χ2n) is 7.77. The topological polar surface area (TPSA) is 87.7 Å². The normalized spacial score (nSPS) is 15.3. The van der Waals surface area contributed by atoms with Crippen molar-refractivity contribution in [3.8, 4) is 5.75 Å². The lowest BCUT2D eigenvalue weighted by atomic mass is 10.1. The maximum Gasteiger partial charge on any atom is 0.264 e. The Morgan fingerprint density at radius 1 is 1.14 bits per heavy atom. The highest BCUT2D eigenvalue weighted by molar-refractivity contribution is 7.92. The summed E-state index contributed by atoms with van der Waals surface area (Å²) in [5.74, 6) is -1.86. The summed E-state index contributed by atoms with van der Waals surface area (Å²) in [5.41, 5.74) is 0.0604. The van der Waals surface area contributed by atoms with Gasteiger partial charge in [0, 0.05) is 12.2 Å². The van der Waals surface area contributed by atoms with Gasteiger partial charge >= 0.3 is 0 Å². The number of rotatable bonds is 7. The summed E-state index contributed by atoms with van der Waals surface area (Å²) in [5, 5.41) is 5.63. The molecule has 1 unspecified atom stereocenters. The minimum absolute atomic E-state index is 0.0176. The summed E-state index contributed by atoms with van der Waals surface area (Å²) in [6, 6.07) is 12.9. The van der Waals surface area contributed by atoms with Crippen LogP contribution in [0.4, 0.5) is 20.2 Å². The molecule has 0 saturated heterocycles. The first kappa shape index (κ1) is 24.9. The lowest BCUT2D eigenvalue weighted by molar-refractivity contribution is 0.102. The van der Waals surface area contributed by atoms with Crippen molar-refractivity contribution < 1.29 is 26.7 Å². The fraction of sp³-hybridized carbons (Fsp3) is 0.208. The quantitative estimate of drug-likeness (QED) is 0.480. The first-order chi connectivity index (χ1) is 16.7. The summed E-state index contributed by atoms with van der Waals surface area (Å²) in [7, 11) is -4.10. The molecular weight excluding hydrogens is 500 g/mol. The Balaban J connectivity index is 1.71. The molecule has 3 aromatic rings. The largest absolute Gasteiger partial charge is 0.485 e. The van der Waals surface area contributed by atoms with Crippen LogP contribution in [0.2, 0.25) is 5.02 Å². The number of anilines is 2. The summed E-state index contributed by atoms with van der Waals surface area (Å²) in [6.07, 6.45) is -0.490. The lowest BCUT2D eigenvalue weighted by Crippen LogP contribution is -2.47. The average molecular weight is 522 g/mol. The van der Waals surface area contributed by atoms with E-state index in [1.54, 1.807) is 0 Å². The van der Waals surface area contributed by atoms with Gasteiger partial charge in [-0.1, -0.05) is 24.6 Å². The number of likely N-dealkylation sites (N-methyl/N-ethyl adjacent to an activating group) is 1. The number of hydrogen-bond acceptors (Lipinski definition) is 5. The van der Waals surface area contributed by atoms with E-state index in [2.05, 4.69) is 10.6 Å². The van der Waals surface area contributed by atoms with Crippen LogP contribution in [-0.2, 0) is 10.0 Å². The Kier molecular flexibility index (Phi) is 7.25. The molecule has 1 heterocycles. The van der Waals surface area contributed by atoms with Crippen LogP contribution in [0.25, 0.3) is 0 Å². The second-order valence-corrected chi connectivity index (χ2v) is 10.0. The first-order valence-electron chi connectivity index (χ1n) is 10.8. The van der Waals surface area contributed by atoms with Gasteiger partial charge in [-0.3, -0.25) is 9.10 Å². The molecule has 3 aromatic carbocycles. The fourth-order valence-corrected chi connectivity index (χ4v) is 5.42. The summed E-state index contributed by atoms with van der Waals surface area (Å²) in [4.78, 5) is 12.6. The highest BCUT2D eigenvalue weighted by atomic mass is 35.5. The van der Waals surface area contributed by atoms with E-state index < -0.39 is 33.7 Å². The third-order valence-electron chi connectivity index (χ3n) is 5.36. The maximum absolute atomic E-state index is 14.2. The van der Waals surface area contributed by atoms with Crippen molar-refractivity contribution in [2.75, 3.05) is 29.3 Å². The van der Waals surface area contributed by atoms with Crippen molar-refractivity contribution in [2.45, 2.75) is 17.9 Å². The highest BCUT2D eigenvalue weighted by Crippen LogP contribution is 2.39. The number of fused-ring (bicyclic) bond motifs is 1. The molecule has 1 atom stereocenters. The van der Waals surface area contributed by atoms with Crippen LogP contribution in [0.3, 0.4) is 0 Å². The molecule has 184 valence electrons. The van der Waals surface area contributed by atoms with E-state index in [9.17, 15) is 22.0 Å². The monoisotopic (exact) mass is 521 g/mol. The van der Waals surface area contributed by atoms with E-state index in [0.29, 0.717) is 13.1 Å². The number of carbonyl (C=O) groups excluding carboxylic acids is 1. The van der Waals surface area contributed by atoms with Crippen LogP contribution in [0.15, 0.2) is 65.6 Å². The van der Waals surface area contributed by atoms with E-state index in [1.807, 2.05) is 6.92 Å². The lowest BCUT2D eigenvalue weighted by Gasteiger charge is -2.36. The van der Waals surface area contributed by atoms with Gasteiger partial charge in [-0.25, -0.2) is 17.2 Å². The number of amides is 1. The Bertz CT molecular complexity index is 1330. The smallest absolute Gasteiger partial charge is 0.264 e.